The van der Waals surface area contributed by atoms with Gasteiger partial charge in [-0.2, -0.15) is 5.10 Å². The molecule has 0 saturated heterocycles. The Balaban J connectivity index is 2.00. The van der Waals surface area contributed by atoms with Crippen molar-refractivity contribution in [3.8, 4) is 0 Å². The molecule has 0 radical (unpaired) electrons. The van der Waals surface area contributed by atoms with Crippen LogP contribution in [0.25, 0.3) is 0 Å². The van der Waals surface area contributed by atoms with Gasteiger partial charge in [-0.05, 0) is 18.2 Å². The third-order valence-electron chi connectivity index (χ3n) is 2.37. The van der Waals surface area contributed by atoms with Crippen molar-refractivity contribution in [1.82, 2.24) is 15.5 Å². The molecule has 0 aliphatic carbocycles. The maximum absolute atomic E-state index is 11.8. The first kappa shape index (κ1) is 11.8. The third-order valence-corrected chi connectivity index (χ3v) is 2.37. The number of hydrogen-bond donors (Lipinski definition) is 3. The first-order valence-corrected chi connectivity index (χ1v) is 5.34. The summed E-state index contributed by atoms with van der Waals surface area (Å²) in [6.07, 6.45) is 1.61. The van der Waals surface area contributed by atoms with Gasteiger partial charge in [0.05, 0.1) is 12.0 Å². The van der Waals surface area contributed by atoms with Crippen LogP contribution in [0.3, 0.4) is 0 Å². The van der Waals surface area contributed by atoms with Crippen LogP contribution in [0.5, 0.6) is 0 Å². The number of hydrogen-bond acceptors (Lipinski definition) is 4. The first-order chi connectivity index (χ1) is 8.66. The Bertz CT molecular complexity index is 563. The molecule has 1 aromatic heterocycles. The molecule has 0 fully saturated rings. The molecule has 1 heterocycles. The minimum absolute atomic E-state index is 0.0679. The summed E-state index contributed by atoms with van der Waals surface area (Å²) >= 11 is 0. The lowest BCUT2D eigenvalue weighted by molar-refractivity contribution is -0.119. The highest BCUT2D eigenvalue weighted by molar-refractivity contribution is 6.07. The number of carbonyl (C=O) groups is 2. The second-order valence-electron chi connectivity index (χ2n) is 3.72. The Morgan fingerprint density at radius 1 is 1.28 bits per heavy atom. The zero-order valence-electron chi connectivity index (χ0n) is 9.51. The standard InChI is InChI=1S/C12H12N4O2/c13-10-4-2-1-3-9(10)12(18)15-11(17)7-8-5-6-14-16-8/h1-6H,7,13H2,(H,14,16)(H,15,17,18). The molecule has 2 rings (SSSR count). The summed E-state index contributed by atoms with van der Waals surface area (Å²) in [6, 6.07) is 8.24. The number of nitrogens with zero attached hydrogens (tertiary/aromatic N) is 1. The monoisotopic (exact) mass is 244 g/mol. The fraction of sp³-hybridized carbons (Fsp3) is 0.0833. The van der Waals surface area contributed by atoms with E-state index >= 15 is 0 Å². The van der Waals surface area contributed by atoms with Crippen molar-refractivity contribution < 1.29 is 9.59 Å². The maximum Gasteiger partial charge on any atom is 0.259 e. The van der Waals surface area contributed by atoms with Crippen LogP contribution in [-0.2, 0) is 11.2 Å². The van der Waals surface area contributed by atoms with Crippen LogP contribution in [-0.4, -0.2) is 22.0 Å². The van der Waals surface area contributed by atoms with Crippen molar-refractivity contribution in [3.63, 3.8) is 0 Å². The first-order valence-electron chi connectivity index (χ1n) is 5.34. The van der Waals surface area contributed by atoms with Gasteiger partial charge < -0.3 is 5.73 Å². The summed E-state index contributed by atoms with van der Waals surface area (Å²) < 4.78 is 0. The van der Waals surface area contributed by atoms with Crippen molar-refractivity contribution in [2.45, 2.75) is 6.42 Å². The van der Waals surface area contributed by atoms with Crippen LogP contribution < -0.4 is 11.1 Å². The largest absolute Gasteiger partial charge is 0.398 e. The number of imide groups is 1. The van der Waals surface area contributed by atoms with Crippen LogP contribution >= 0.6 is 0 Å². The van der Waals surface area contributed by atoms with Crippen molar-refractivity contribution in [2.24, 2.45) is 0 Å². The molecule has 92 valence electrons. The topological polar surface area (TPSA) is 101 Å². The van der Waals surface area contributed by atoms with Crippen molar-refractivity contribution in [2.75, 3.05) is 5.73 Å². The average molecular weight is 244 g/mol. The molecule has 0 aliphatic rings. The Morgan fingerprint density at radius 2 is 2.06 bits per heavy atom. The summed E-state index contributed by atoms with van der Waals surface area (Å²) in [7, 11) is 0. The van der Waals surface area contributed by atoms with Crippen molar-refractivity contribution in [1.29, 1.82) is 0 Å². The smallest absolute Gasteiger partial charge is 0.259 e. The fourth-order valence-corrected chi connectivity index (χ4v) is 1.50. The molecule has 0 atom stereocenters. The molecule has 1 aromatic carbocycles. The summed E-state index contributed by atoms with van der Waals surface area (Å²) in [4.78, 5) is 23.4. The van der Waals surface area contributed by atoms with E-state index in [0.29, 0.717) is 11.4 Å². The zero-order chi connectivity index (χ0) is 13.0. The van der Waals surface area contributed by atoms with Crippen molar-refractivity contribution >= 4 is 17.5 Å². The van der Waals surface area contributed by atoms with E-state index in [9.17, 15) is 9.59 Å². The molecule has 0 spiro atoms. The Kier molecular flexibility index (Phi) is 3.38. The summed E-state index contributed by atoms with van der Waals surface area (Å²) in [5.41, 5.74) is 6.91. The van der Waals surface area contributed by atoms with Crippen molar-refractivity contribution in [3.05, 3.63) is 47.8 Å². The number of carbonyl (C=O) groups excluding carboxylic acids is 2. The van der Waals surface area contributed by atoms with Crippen LogP contribution in [0.15, 0.2) is 36.5 Å². The molecule has 6 heteroatoms. The molecule has 2 aromatic rings. The van der Waals surface area contributed by atoms with Crippen LogP contribution in [0.1, 0.15) is 16.1 Å². The van der Waals surface area contributed by atoms with Gasteiger partial charge in [0, 0.05) is 17.6 Å². The molecular formula is C12H12N4O2. The van der Waals surface area contributed by atoms with E-state index < -0.39 is 11.8 Å². The Morgan fingerprint density at radius 3 is 2.72 bits per heavy atom. The summed E-state index contributed by atoms with van der Waals surface area (Å²) in [5, 5.41) is 8.63. The van der Waals surface area contributed by atoms with E-state index in [1.54, 1.807) is 36.5 Å². The van der Waals surface area contributed by atoms with E-state index in [-0.39, 0.29) is 12.0 Å². The zero-order valence-corrected chi connectivity index (χ0v) is 9.51. The normalized spacial score (nSPS) is 10.0. The van der Waals surface area contributed by atoms with Gasteiger partial charge >= 0.3 is 0 Å². The molecule has 0 saturated carbocycles. The second-order valence-corrected chi connectivity index (χ2v) is 3.72. The predicted molar refractivity (Wildman–Crippen MR) is 65.6 cm³/mol. The minimum atomic E-state index is -0.502. The van der Waals surface area contributed by atoms with E-state index in [1.807, 2.05) is 0 Å². The SMILES string of the molecule is Nc1ccccc1C(=O)NC(=O)Cc1ccn[nH]1. The molecule has 0 unspecified atom stereocenters. The second kappa shape index (κ2) is 5.13. The third kappa shape index (κ3) is 2.73. The number of nitrogen functional groups attached to an aromatic ring is 1. The van der Waals surface area contributed by atoms with Gasteiger partial charge in [-0.3, -0.25) is 20.0 Å². The molecule has 0 bridgehead atoms. The predicted octanol–water partition coefficient (Wildman–Crippen LogP) is 0.491. The summed E-state index contributed by atoms with van der Waals surface area (Å²) in [6.45, 7) is 0. The van der Waals surface area contributed by atoms with Crippen LogP contribution in [0.2, 0.25) is 0 Å². The number of benzene rings is 1. The van der Waals surface area contributed by atoms with E-state index in [0.717, 1.165) is 0 Å². The number of para-hydroxylation sites is 1. The number of nitrogens with two attached hydrogens (primary N) is 1. The van der Waals surface area contributed by atoms with Gasteiger partial charge in [0.1, 0.15) is 0 Å². The van der Waals surface area contributed by atoms with Crippen LogP contribution in [0.4, 0.5) is 5.69 Å². The number of rotatable bonds is 3. The number of aromatic amines is 1. The van der Waals surface area contributed by atoms with Gasteiger partial charge in [0.25, 0.3) is 5.91 Å². The Labute approximate surface area is 103 Å². The Hall–Kier alpha value is -2.63. The summed E-state index contributed by atoms with van der Waals surface area (Å²) in [5.74, 6) is -0.912. The lowest BCUT2D eigenvalue weighted by Gasteiger charge is -2.05. The van der Waals surface area contributed by atoms with Gasteiger partial charge in [-0.1, -0.05) is 12.1 Å². The number of nitrogens with one attached hydrogen (secondary N) is 2. The molecule has 18 heavy (non-hydrogen) atoms. The number of anilines is 1. The van der Waals surface area contributed by atoms with Crippen LogP contribution in [0, 0.1) is 0 Å². The maximum atomic E-state index is 11.8. The highest BCUT2D eigenvalue weighted by Gasteiger charge is 2.13. The molecule has 6 nitrogen and oxygen atoms in total. The van der Waals surface area contributed by atoms with Gasteiger partial charge in [0.15, 0.2) is 0 Å². The number of aromatic nitrogens is 2. The average Bonchev–Trinajstić information content (AvgIpc) is 2.82. The van der Waals surface area contributed by atoms with Gasteiger partial charge in [-0.15, -0.1) is 0 Å². The fourth-order valence-electron chi connectivity index (χ4n) is 1.50. The molecular weight excluding hydrogens is 232 g/mol. The molecule has 0 aliphatic heterocycles. The molecule has 4 N–H and O–H groups in total. The highest BCUT2D eigenvalue weighted by atomic mass is 16.2. The number of amides is 2. The van der Waals surface area contributed by atoms with Gasteiger partial charge in [-0.25, -0.2) is 0 Å². The van der Waals surface area contributed by atoms with E-state index in [1.165, 1.54) is 0 Å². The van der Waals surface area contributed by atoms with E-state index in [4.69, 9.17) is 5.73 Å². The number of H-pyrrole nitrogens is 1. The lowest BCUT2D eigenvalue weighted by Crippen LogP contribution is -2.32. The quantitative estimate of drug-likeness (QED) is 0.684. The highest BCUT2D eigenvalue weighted by Crippen LogP contribution is 2.09. The van der Waals surface area contributed by atoms with E-state index in [2.05, 4.69) is 15.5 Å². The lowest BCUT2D eigenvalue weighted by atomic mass is 10.1. The minimum Gasteiger partial charge on any atom is -0.398 e. The van der Waals surface area contributed by atoms with Gasteiger partial charge in [0.2, 0.25) is 5.91 Å². The molecule has 2 amide bonds.